The van der Waals surface area contributed by atoms with E-state index in [0.29, 0.717) is 11.8 Å². The van der Waals surface area contributed by atoms with Gasteiger partial charge in [-0.05, 0) is 6.42 Å². The van der Waals surface area contributed by atoms with Gasteiger partial charge in [-0.2, -0.15) is 0 Å². The highest BCUT2D eigenvalue weighted by Crippen LogP contribution is 2.33. The first-order chi connectivity index (χ1) is 8.20. The molecule has 0 aromatic heterocycles. The summed E-state index contributed by atoms with van der Waals surface area (Å²) in [7, 11) is 0. The molecule has 0 aliphatic rings. The van der Waals surface area contributed by atoms with Crippen molar-refractivity contribution in [3.63, 3.8) is 0 Å². The van der Waals surface area contributed by atoms with E-state index < -0.39 is 37.5 Å². The van der Waals surface area contributed by atoms with Crippen LogP contribution in [0.25, 0.3) is 0 Å². The van der Waals surface area contributed by atoms with Gasteiger partial charge in [-0.15, -0.1) is 0 Å². The molecule has 0 bridgehead atoms. The summed E-state index contributed by atoms with van der Waals surface area (Å²) in [6, 6.07) is 0. The van der Waals surface area contributed by atoms with Crippen molar-refractivity contribution in [1.29, 1.82) is 0 Å². The van der Waals surface area contributed by atoms with Crippen LogP contribution < -0.4 is 0 Å². The van der Waals surface area contributed by atoms with E-state index in [1.165, 1.54) is 0 Å². The van der Waals surface area contributed by atoms with Crippen LogP contribution in [0.15, 0.2) is 0 Å². The summed E-state index contributed by atoms with van der Waals surface area (Å²) in [6.07, 6.45) is -11.7. The third-order valence-corrected chi connectivity index (χ3v) is 3.14. The van der Waals surface area contributed by atoms with Crippen LogP contribution in [-0.2, 0) is 4.79 Å². The molecule has 0 amide bonds. The minimum Gasteiger partial charge on any atom is -0.287 e. The van der Waals surface area contributed by atoms with Crippen LogP contribution in [0.2, 0.25) is 0 Å². The fraction of sp³-hybridized carbons (Fsp3) is 0.900. The lowest BCUT2D eigenvalue weighted by molar-refractivity contribution is -0.128. The molecular formula is C10H14F6OS. The smallest absolute Gasteiger partial charge is 0.287 e. The van der Waals surface area contributed by atoms with Gasteiger partial charge in [-0.3, -0.25) is 4.79 Å². The van der Waals surface area contributed by atoms with Gasteiger partial charge >= 0.3 is 0 Å². The Hall–Kier alpha value is -0.400. The molecule has 8 heteroatoms. The maximum absolute atomic E-state index is 13.1. The highest BCUT2D eigenvalue weighted by atomic mass is 32.2. The molecule has 0 saturated heterocycles. The maximum Gasteiger partial charge on any atom is 0.287 e. The van der Waals surface area contributed by atoms with E-state index in [2.05, 4.69) is 0 Å². The molecule has 2 unspecified atom stereocenters. The fourth-order valence-corrected chi connectivity index (χ4v) is 1.89. The summed E-state index contributed by atoms with van der Waals surface area (Å²) in [5, 5.41) is -0.267. The second kappa shape index (κ2) is 7.91. The van der Waals surface area contributed by atoms with Crippen LogP contribution in [-0.4, -0.2) is 35.6 Å². The molecular weight excluding hydrogens is 282 g/mol. The summed E-state index contributed by atoms with van der Waals surface area (Å²) in [6.45, 7) is 1.57. The van der Waals surface area contributed by atoms with Crippen LogP contribution >= 0.6 is 11.8 Å². The predicted molar refractivity (Wildman–Crippen MR) is 57.7 cm³/mol. The number of halogens is 6. The Morgan fingerprint density at radius 3 is 2.22 bits per heavy atom. The van der Waals surface area contributed by atoms with Crippen molar-refractivity contribution in [3.8, 4) is 0 Å². The largest absolute Gasteiger partial charge is 0.287 e. The molecule has 18 heavy (non-hydrogen) atoms. The molecule has 0 spiro atoms. The first-order valence-corrected chi connectivity index (χ1v) is 6.29. The third kappa shape index (κ3) is 6.51. The number of hydrogen-bond acceptors (Lipinski definition) is 2. The third-order valence-electron chi connectivity index (χ3n) is 2.09. The summed E-state index contributed by atoms with van der Waals surface area (Å²) < 4.78 is 75.1. The summed E-state index contributed by atoms with van der Waals surface area (Å²) in [5.41, 5.74) is 0. The Morgan fingerprint density at radius 2 is 1.78 bits per heavy atom. The zero-order valence-corrected chi connectivity index (χ0v) is 10.5. The Labute approximate surface area is 105 Å². The van der Waals surface area contributed by atoms with Crippen molar-refractivity contribution in [2.75, 3.05) is 5.75 Å². The number of thioether (sulfide) groups is 1. The van der Waals surface area contributed by atoms with Crippen LogP contribution in [0, 0.1) is 0 Å². The molecule has 0 radical (unpaired) electrons. The number of alkyl halides is 6. The zero-order chi connectivity index (χ0) is 14.3. The molecule has 0 fully saturated rings. The summed E-state index contributed by atoms with van der Waals surface area (Å²) in [5.74, 6) is -4.55. The van der Waals surface area contributed by atoms with Crippen molar-refractivity contribution < 1.29 is 31.1 Å². The van der Waals surface area contributed by atoms with E-state index >= 15 is 0 Å². The molecule has 0 heterocycles. The van der Waals surface area contributed by atoms with Crippen LogP contribution in [0.3, 0.4) is 0 Å². The zero-order valence-electron chi connectivity index (χ0n) is 9.64. The fourth-order valence-electron chi connectivity index (χ4n) is 1.12. The Kier molecular flexibility index (Phi) is 7.73. The van der Waals surface area contributed by atoms with Gasteiger partial charge in [-0.25, -0.2) is 26.3 Å². The number of hydrogen-bond donors (Lipinski definition) is 0. The Balaban J connectivity index is 4.16. The lowest BCUT2D eigenvalue weighted by atomic mass is 10.1. The second-order valence-electron chi connectivity index (χ2n) is 3.64. The van der Waals surface area contributed by atoms with E-state index in [4.69, 9.17) is 0 Å². The molecule has 0 aliphatic heterocycles. The van der Waals surface area contributed by atoms with E-state index in [9.17, 15) is 31.1 Å². The standard InChI is InChI=1S/C10H14F6OS/c1-2-8(17)18-4-3-6(11)9(14)10(15,16)5-7(12)13/h6-7,9H,2-5H2,1H3. The molecule has 0 aliphatic carbocycles. The number of rotatable bonds is 8. The van der Waals surface area contributed by atoms with Crippen molar-refractivity contribution in [2.24, 2.45) is 0 Å². The molecule has 2 atom stereocenters. The van der Waals surface area contributed by atoms with Crippen molar-refractivity contribution in [1.82, 2.24) is 0 Å². The molecule has 0 aromatic rings. The van der Waals surface area contributed by atoms with Gasteiger partial charge < -0.3 is 0 Å². The molecule has 0 N–H and O–H groups in total. The minimum absolute atomic E-state index is 0.154. The lowest BCUT2D eigenvalue weighted by Gasteiger charge is -2.22. The first kappa shape index (κ1) is 17.6. The molecule has 108 valence electrons. The van der Waals surface area contributed by atoms with E-state index in [1.54, 1.807) is 6.92 Å². The SMILES string of the molecule is CCC(=O)SCCC(F)C(F)C(F)(F)CC(F)F. The van der Waals surface area contributed by atoms with Gasteiger partial charge in [0.05, 0.1) is 6.42 Å². The normalized spacial score (nSPS) is 15.8. The summed E-state index contributed by atoms with van der Waals surface area (Å²) in [4.78, 5) is 10.8. The lowest BCUT2D eigenvalue weighted by Crippen LogP contribution is -2.39. The highest BCUT2D eigenvalue weighted by Gasteiger charge is 2.47. The van der Waals surface area contributed by atoms with Gasteiger partial charge in [0.25, 0.3) is 5.92 Å². The van der Waals surface area contributed by atoms with Gasteiger partial charge in [0.2, 0.25) is 6.43 Å². The molecule has 0 rings (SSSR count). The van der Waals surface area contributed by atoms with Crippen LogP contribution in [0.4, 0.5) is 26.3 Å². The summed E-state index contributed by atoms with van der Waals surface area (Å²) >= 11 is 0.708. The topological polar surface area (TPSA) is 17.1 Å². The van der Waals surface area contributed by atoms with Gasteiger partial charge in [0.1, 0.15) is 6.17 Å². The van der Waals surface area contributed by atoms with E-state index in [1.807, 2.05) is 0 Å². The van der Waals surface area contributed by atoms with Crippen LogP contribution in [0.1, 0.15) is 26.2 Å². The maximum atomic E-state index is 13.1. The van der Waals surface area contributed by atoms with Crippen molar-refractivity contribution >= 4 is 16.9 Å². The van der Waals surface area contributed by atoms with Crippen LogP contribution in [0.5, 0.6) is 0 Å². The van der Waals surface area contributed by atoms with E-state index in [-0.39, 0.29) is 17.3 Å². The quantitative estimate of drug-likeness (QED) is 0.629. The van der Waals surface area contributed by atoms with Gasteiger partial charge in [0, 0.05) is 12.2 Å². The average Bonchev–Trinajstić information content (AvgIpc) is 2.25. The Bertz CT molecular complexity index is 261. The van der Waals surface area contributed by atoms with Crippen molar-refractivity contribution in [2.45, 2.75) is 50.9 Å². The number of carbonyl (C=O) groups is 1. The Morgan fingerprint density at radius 1 is 1.22 bits per heavy atom. The number of carbonyl (C=O) groups excluding carboxylic acids is 1. The van der Waals surface area contributed by atoms with Gasteiger partial charge in [0.15, 0.2) is 11.3 Å². The van der Waals surface area contributed by atoms with Crippen molar-refractivity contribution in [3.05, 3.63) is 0 Å². The van der Waals surface area contributed by atoms with E-state index in [0.717, 1.165) is 0 Å². The predicted octanol–water partition coefficient (Wildman–Crippen LogP) is 4.01. The molecule has 1 nitrogen and oxygen atoms in total. The van der Waals surface area contributed by atoms with Gasteiger partial charge in [-0.1, -0.05) is 18.7 Å². The molecule has 0 aromatic carbocycles. The monoisotopic (exact) mass is 296 g/mol. The second-order valence-corrected chi connectivity index (χ2v) is 4.79. The first-order valence-electron chi connectivity index (χ1n) is 5.30. The molecule has 0 saturated carbocycles. The average molecular weight is 296 g/mol. The minimum atomic E-state index is -4.40. The highest BCUT2D eigenvalue weighted by molar-refractivity contribution is 8.13.